The van der Waals surface area contributed by atoms with Gasteiger partial charge in [0.1, 0.15) is 0 Å². The zero-order chi connectivity index (χ0) is 14.8. The molecule has 6 nitrogen and oxygen atoms in total. The van der Waals surface area contributed by atoms with Gasteiger partial charge in [0.2, 0.25) is 5.91 Å². The molecule has 0 saturated carbocycles. The number of carbonyl (C=O) groups excluding carboxylic acids is 1. The van der Waals surface area contributed by atoms with Crippen molar-refractivity contribution in [2.45, 2.75) is 26.2 Å². The number of nitrogen functional groups attached to an aromatic ring is 1. The molecule has 0 spiro atoms. The maximum atomic E-state index is 11.4. The number of H-pyrrole nitrogens is 1. The van der Waals surface area contributed by atoms with Crippen LogP contribution in [0, 0.1) is 6.92 Å². The molecule has 1 aromatic heterocycles. The normalized spacial score (nSPS) is 13.1. The van der Waals surface area contributed by atoms with Crippen molar-refractivity contribution in [3.05, 3.63) is 35.2 Å². The number of nitrogens with one attached hydrogen (secondary N) is 3. The Morgan fingerprint density at radius 3 is 3.05 bits per heavy atom. The number of nitrogens with two attached hydrogens (primary N) is 1. The molecule has 5 N–H and O–H groups in total. The van der Waals surface area contributed by atoms with Crippen molar-refractivity contribution >= 4 is 23.0 Å². The lowest BCUT2D eigenvalue weighted by atomic mass is 10.1. The summed E-state index contributed by atoms with van der Waals surface area (Å²) < 4.78 is 0. The van der Waals surface area contributed by atoms with Gasteiger partial charge in [-0.2, -0.15) is 5.10 Å². The van der Waals surface area contributed by atoms with Crippen molar-refractivity contribution in [3.63, 3.8) is 0 Å². The summed E-state index contributed by atoms with van der Waals surface area (Å²) in [7, 11) is 0. The third-order valence-corrected chi connectivity index (χ3v) is 3.77. The lowest BCUT2D eigenvalue weighted by Crippen LogP contribution is -2.06. The molecule has 110 valence electrons. The number of rotatable bonds is 5. The van der Waals surface area contributed by atoms with Crippen molar-refractivity contribution in [1.82, 2.24) is 10.2 Å². The standard InChI is InChI=1S/C15H19N5O/c1-9-10(8-18-20-9)3-2-4-17-14-7-13-11(5-12(14)16)6-15(21)19-13/h5,7-8,17H,2-4,6,16H2,1H3,(H,18,20)(H,19,21). The molecule has 0 atom stereocenters. The lowest BCUT2D eigenvalue weighted by molar-refractivity contribution is -0.115. The van der Waals surface area contributed by atoms with Crippen molar-refractivity contribution < 1.29 is 4.79 Å². The Bertz CT molecular complexity index is 677. The Hall–Kier alpha value is -2.50. The van der Waals surface area contributed by atoms with Crippen molar-refractivity contribution in [2.75, 3.05) is 22.9 Å². The molecule has 21 heavy (non-hydrogen) atoms. The summed E-state index contributed by atoms with van der Waals surface area (Å²) in [6, 6.07) is 3.79. The van der Waals surface area contributed by atoms with E-state index in [4.69, 9.17) is 5.73 Å². The molecule has 0 unspecified atom stereocenters. The zero-order valence-electron chi connectivity index (χ0n) is 12.0. The van der Waals surface area contributed by atoms with Crippen LogP contribution in [-0.4, -0.2) is 22.6 Å². The van der Waals surface area contributed by atoms with Gasteiger partial charge in [-0.3, -0.25) is 9.89 Å². The monoisotopic (exact) mass is 285 g/mol. The second kappa shape index (κ2) is 5.47. The SMILES string of the molecule is Cc1[nH]ncc1CCCNc1cc2c(cc1N)CC(=O)N2. The number of nitrogens with zero attached hydrogens (tertiary/aromatic N) is 1. The number of carbonyl (C=O) groups is 1. The number of benzene rings is 1. The van der Waals surface area contributed by atoms with Gasteiger partial charge in [0.05, 0.1) is 24.0 Å². The molecule has 1 aromatic carbocycles. The second-order valence-corrected chi connectivity index (χ2v) is 5.37. The van der Waals surface area contributed by atoms with Gasteiger partial charge in [0.25, 0.3) is 0 Å². The number of hydrogen-bond acceptors (Lipinski definition) is 4. The summed E-state index contributed by atoms with van der Waals surface area (Å²) >= 11 is 0. The number of fused-ring (bicyclic) bond motifs is 1. The summed E-state index contributed by atoms with van der Waals surface area (Å²) in [4.78, 5) is 11.4. The fourth-order valence-corrected chi connectivity index (χ4v) is 2.58. The summed E-state index contributed by atoms with van der Waals surface area (Å²) in [6.07, 6.45) is 4.24. The van der Waals surface area contributed by atoms with Gasteiger partial charge < -0.3 is 16.4 Å². The van der Waals surface area contributed by atoms with Gasteiger partial charge in [0, 0.05) is 17.9 Å². The molecule has 2 aromatic rings. The molecule has 1 aliphatic rings. The van der Waals surface area contributed by atoms with Crippen LogP contribution in [0.15, 0.2) is 18.3 Å². The van der Waals surface area contributed by atoms with E-state index >= 15 is 0 Å². The maximum Gasteiger partial charge on any atom is 0.228 e. The molecule has 1 aliphatic heterocycles. The first-order valence-electron chi connectivity index (χ1n) is 7.08. The summed E-state index contributed by atoms with van der Waals surface area (Å²) in [5, 5.41) is 13.1. The predicted molar refractivity (Wildman–Crippen MR) is 83.3 cm³/mol. The van der Waals surface area contributed by atoms with E-state index in [2.05, 4.69) is 20.8 Å². The second-order valence-electron chi connectivity index (χ2n) is 5.37. The lowest BCUT2D eigenvalue weighted by Gasteiger charge is -2.11. The predicted octanol–water partition coefficient (Wildman–Crippen LogP) is 1.84. The molecule has 2 heterocycles. The Morgan fingerprint density at radius 2 is 2.29 bits per heavy atom. The first kappa shape index (κ1) is 13.5. The third-order valence-electron chi connectivity index (χ3n) is 3.77. The maximum absolute atomic E-state index is 11.4. The molecule has 0 bridgehead atoms. The van der Waals surface area contributed by atoms with Gasteiger partial charge in [-0.1, -0.05) is 0 Å². The molecule has 0 aliphatic carbocycles. The molecule has 0 radical (unpaired) electrons. The van der Waals surface area contributed by atoms with Gasteiger partial charge in [0.15, 0.2) is 0 Å². The molecular weight excluding hydrogens is 266 g/mol. The van der Waals surface area contributed by atoms with Crippen molar-refractivity contribution in [3.8, 4) is 0 Å². The van der Waals surface area contributed by atoms with Crippen LogP contribution in [0.5, 0.6) is 0 Å². The molecule has 1 amide bonds. The van der Waals surface area contributed by atoms with Crippen molar-refractivity contribution in [2.24, 2.45) is 0 Å². The van der Waals surface area contributed by atoms with E-state index in [-0.39, 0.29) is 5.91 Å². The van der Waals surface area contributed by atoms with E-state index in [0.29, 0.717) is 12.1 Å². The molecule has 6 heteroatoms. The largest absolute Gasteiger partial charge is 0.397 e. The van der Waals surface area contributed by atoms with E-state index in [9.17, 15) is 4.79 Å². The fraction of sp³-hybridized carbons (Fsp3) is 0.333. The zero-order valence-corrected chi connectivity index (χ0v) is 12.0. The Balaban J connectivity index is 1.57. The minimum Gasteiger partial charge on any atom is -0.397 e. The van der Waals surface area contributed by atoms with E-state index in [1.54, 1.807) is 0 Å². The minimum absolute atomic E-state index is 0.0250. The number of anilines is 3. The fourth-order valence-electron chi connectivity index (χ4n) is 2.58. The number of aryl methyl sites for hydroxylation is 2. The van der Waals surface area contributed by atoms with Crippen LogP contribution in [0.4, 0.5) is 17.1 Å². The van der Waals surface area contributed by atoms with Crippen LogP contribution >= 0.6 is 0 Å². The number of aromatic amines is 1. The van der Waals surface area contributed by atoms with Crippen LogP contribution < -0.4 is 16.4 Å². The topological polar surface area (TPSA) is 95.8 Å². The molecular formula is C15H19N5O. The smallest absolute Gasteiger partial charge is 0.228 e. The van der Waals surface area contributed by atoms with E-state index in [1.165, 1.54) is 5.56 Å². The Labute approximate surface area is 123 Å². The average Bonchev–Trinajstić information content (AvgIpc) is 2.99. The van der Waals surface area contributed by atoms with Gasteiger partial charge in [-0.05, 0) is 43.0 Å². The molecule has 0 saturated heterocycles. The van der Waals surface area contributed by atoms with E-state index < -0.39 is 0 Å². The average molecular weight is 285 g/mol. The summed E-state index contributed by atoms with van der Waals surface area (Å²) in [6.45, 7) is 2.85. The first-order chi connectivity index (χ1) is 10.1. The summed E-state index contributed by atoms with van der Waals surface area (Å²) in [5.74, 6) is 0.0250. The number of hydrogen-bond donors (Lipinski definition) is 4. The third kappa shape index (κ3) is 2.84. The molecule has 0 fully saturated rings. The Kier molecular flexibility index (Phi) is 3.51. The number of aromatic nitrogens is 2. The summed E-state index contributed by atoms with van der Waals surface area (Å²) in [5.41, 5.74) is 11.8. The quantitative estimate of drug-likeness (QED) is 0.498. The van der Waals surface area contributed by atoms with Gasteiger partial charge in [-0.25, -0.2) is 0 Å². The highest BCUT2D eigenvalue weighted by Crippen LogP contribution is 2.31. The van der Waals surface area contributed by atoms with E-state index in [0.717, 1.165) is 42.0 Å². The number of amides is 1. The molecule has 3 rings (SSSR count). The van der Waals surface area contributed by atoms with Crippen molar-refractivity contribution in [1.29, 1.82) is 0 Å². The highest BCUT2D eigenvalue weighted by Gasteiger charge is 2.19. The highest BCUT2D eigenvalue weighted by atomic mass is 16.1. The van der Waals surface area contributed by atoms with Crippen LogP contribution in [0.1, 0.15) is 23.2 Å². The van der Waals surface area contributed by atoms with Crippen LogP contribution in [0.3, 0.4) is 0 Å². The minimum atomic E-state index is 0.0250. The van der Waals surface area contributed by atoms with Crippen LogP contribution in [0.2, 0.25) is 0 Å². The highest BCUT2D eigenvalue weighted by molar-refractivity contribution is 6.00. The van der Waals surface area contributed by atoms with Gasteiger partial charge in [-0.15, -0.1) is 0 Å². The van der Waals surface area contributed by atoms with Crippen LogP contribution in [-0.2, 0) is 17.6 Å². The van der Waals surface area contributed by atoms with Crippen LogP contribution in [0.25, 0.3) is 0 Å². The van der Waals surface area contributed by atoms with E-state index in [1.807, 2.05) is 25.3 Å². The van der Waals surface area contributed by atoms with Gasteiger partial charge >= 0.3 is 0 Å². The Morgan fingerprint density at radius 1 is 1.43 bits per heavy atom. The first-order valence-corrected chi connectivity index (χ1v) is 7.08.